The van der Waals surface area contributed by atoms with Crippen molar-refractivity contribution in [2.24, 2.45) is 0 Å². The Morgan fingerprint density at radius 3 is 2.30 bits per heavy atom. The van der Waals surface area contributed by atoms with E-state index in [2.05, 4.69) is 9.97 Å². The van der Waals surface area contributed by atoms with Gasteiger partial charge < -0.3 is 5.73 Å². The molecule has 2 N–H and O–H groups in total. The van der Waals surface area contributed by atoms with Crippen LogP contribution in [-0.4, -0.2) is 22.4 Å². The molecule has 4 aromatic rings. The van der Waals surface area contributed by atoms with E-state index >= 15 is 0 Å². The van der Waals surface area contributed by atoms with Crippen LogP contribution >= 0.6 is 0 Å². The van der Waals surface area contributed by atoms with Crippen LogP contribution in [0.2, 0.25) is 0 Å². The van der Waals surface area contributed by atoms with Gasteiger partial charge in [-0.3, -0.25) is 0 Å². The minimum atomic E-state index is -4.24. The zero-order chi connectivity index (χ0) is 21.8. The maximum atomic E-state index is 14.7. The van der Waals surface area contributed by atoms with Crippen molar-refractivity contribution in [1.29, 1.82) is 0 Å². The quantitative estimate of drug-likeness (QED) is 0.529. The van der Waals surface area contributed by atoms with Crippen LogP contribution in [0.5, 0.6) is 0 Å². The second kappa shape index (κ2) is 6.84. The van der Waals surface area contributed by atoms with Crippen LogP contribution in [0.4, 0.5) is 19.0 Å². The van der Waals surface area contributed by atoms with Crippen molar-refractivity contribution in [2.75, 3.05) is 5.73 Å². The fourth-order valence-electron chi connectivity index (χ4n) is 3.14. The van der Waals surface area contributed by atoms with Gasteiger partial charge in [0.05, 0.1) is 10.6 Å². The Labute approximate surface area is 169 Å². The Kier molecular flexibility index (Phi) is 4.53. The van der Waals surface area contributed by atoms with Crippen LogP contribution < -0.4 is 5.73 Å². The minimum Gasteiger partial charge on any atom is -0.381 e. The molecule has 30 heavy (non-hydrogen) atoms. The number of nitrogens with zero attached hydrogens (tertiary/aromatic N) is 3. The van der Waals surface area contributed by atoms with Gasteiger partial charge in [0.2, 0.25) is 0 Å². The summed E-state index contributed by atoms with van der Waals surface area (Å²) >= 11 is 0. The number of hydrogen-bond acceptors (Lipinski definition) is 5. The van der Waals surface area contributed by atoms with Gasteiger partial charge in [0.1, 0.15) is 11.3 Å². The van der Waals surface area contributed by atoms with Gasteiger partial charge in [0.25, 0.3) is 10.0 Å². The maximum Gasteiger partial charge on any atom is 0.268 e. The average molecular weight is 432 g/mol. The first-order valence-electron chi connectivity index (χ1n) is 8.72. The van der Waals surface area contributed by atoms with Crippen molar-refractivity contribution in [2.45, 2.75) is 18.7 Å². The van der Waals surface area contributed by atoms with E-state index in [9.17, 15) is 21.6 Å². The molecule has 4 rings (SSSR count). The van der Waals surface area contributed by atoms with Crippen LogP contribution in [0.15, 0.2) is 47.5 Å². The van der Waals surface area contributed by atoms with Gasteiger partial charge in [0, 0.05) is 23.2 Å². The number of nitrogens with two attached hydrogens (primary N) is 1. The van der Waals surface area contributed by atoms with Gasteiger partial charge in [-0.1, -0.05) is 17.7 Å². The smallest absolute Gasteiger partial charge is 0.268 e. The van der Waals surface area contributed by atoms with Crippen LogP contribution in [0.1, 0.15) is 11.3 Å². The molecule has 6 nitrogen and oxygen atoms in total. The molecule has 0 bridgehead atoms. The van der Waals surface area contributed by atoms with E-state index < -0.39 is 33.3 Å². The lowest BCUT2D eigenvalue weighted by atomic mass is 10.1. The summed E-state index contributed by atoms with van der Waals surface area (Å²) in [6.45, 7) is 3.14. The van der Waals surface area contributed by atoms with Crippen molar-refractivity contribution in [1.82, 2.24) is 13.9 Å². The summed E-state index contributed by atoms with van der Waals surface area (Å²) < 4.78 is 69.6. The molecule has 2 aromatic carbocycles. The predicted octanol–water partition coefficient (Wildman–Crippen LogP) is 3.95. The van der Waals surface area contributed by atoms with E-state index in [0.717, 1.165) is 17.8 Å². The number of aryl methyl sites for hydroxylation is 2. The lowest BCUT2D eigenvalue weighted by molar-refractivity contribution is 0.579. The number of hydrogen-bond donors (Lipinski definition) is 1. The highest BCUT2D eigenvalue weighted by atomic mass is 32.2. The summed E-state index contributed by atoms with van der Waals surface area (Å²) in [5.41, 5.74) is 5.93. The van der Waals surface area contributed by atoms with Crippen LogP contribution in [0.3, 0.4) is 0 Å². The number of aromatic nitrogens is 3. The number of nitrogen functional groups attached to an aromatic ring is 1. The van der Waals surface area contributed by atoms with Gasteiger partial charge in [-0.05, 0) is 32.0 Å². The summed E-state index contributed by atoms with van der Waals surface area (Å²) in [6.07, 6.45) is 1.08. The number of rotatable bonds is 3. The first-order valence-corrected chi connectivity index (χ1v) is 10.2. The van der Waals surface area contributed by atoms with Crippen molar-refractivity contribution in [3.63, 3.8) is 0 Å². The average Bonchev–Trinajstić information content (AvgIpc) is 3.06. The van der Waals surface area contributed by atoms with Crippen LogP contribution in [-0.2, 0) is 10.0 Å². The number of halogens is 3. The summed E-state index contributed by atoms with van der Waals surface area (Å²) in [4.78, 5) is 7.72. The molecular weight excluding hydrogens is 417 g/mol. The number of benzene rings is 2. The van der Waals surface area contributed by atoms with Gasteiger partial charge in [-0.2, -0.15) is 0 Å². The van der Waals surface area contributed by atoms with Crippen molar-refractivity contribution in [3.05, 3.63) is 71.3 Å². The highest BCUT2D eigenvalue weighted by molar-refractivity contribution is 7.90. The molecule has 0 saturated carbocycles. The third-order valence-corrected chi connectivity index (χ3v) is 6.32. The molecule has 2 heterocycles. The van der Waals surface area contributed by atoms with Gasteiger partial charge >= 0.3 is 0 Å². The second-order valence-corrected chi connectivity index (χ2v) is 8.59. The SMILES string of the molecule is Cc1ccc(S(=O)(=O)n2cc(-c3nc(C)c(F)c(N)n3)c3cc(F)cc(F)c32)cc1. The lowest BCUT2D eigenvalue weighted by Gasteiger charge is -2.08. The largest absolute Gasteiger partial charge is 0.381 e. The summed E-state index contributed by atoms with van der Waals surface area (Å²) in [6, 6.07) is 7.51. The fourth-order valence-corrected chi connectivity index (χ4v) is 4.52. The zero-order valence-electron chi connectivity index (χ0n) is 15.8. The molecule has 154 valence electrons. The van der Waals surface area contributed by atoms with E-state index in [1.54, 1.807) is 19.1 Å². The molecule has 0 aliphatic rings. The van der Waals surface area contributed by atoms with Gasteiger partial charge in [-0.25, -0.2) is 35.5 Å². The summed E-state index contributed by atoms with van der Waals surface area (Å²) in [5, 5.41) is -0.0893. The topological polar surface area (TPSA) is 90.9 Å². The molecular formula is C20H15F3N4O2S. The molecule has 0 aliphatic heterocycles. The van der Waals surface area contributed by atoms with Gasteiger partial charge in [0.15, 0.2) is 23.3 Å². The van der Waals surface area contributed by atoms with E-state index in [-0.39, 0.29) is 32.9 Å². The Morgan fingerprint density at radius 2 is 1.67 bits per heavy atom. The fraction of sp³-hybridized carbons (Fsp3) is 0.100. The van der Waals surface area contributed by atoms with Crippen LogP contribution in [0.25, 0.3) is 22.3 Å². The van der Waals surface area contributed by atoms with E-state index in [1.165, 1.54) is 19.1 Å². The molecule has 0 fully saturated rings. The Hall–Kier alpha value is -3.40. The molecule has 10 heteroatoms. The first kappa shape index (κ1) is 19.9. The minimum absolute atomic E-state index is 0.00566. The third kappa shape index (κ3) is 3.09. The second-order valence-electron chi connectivity index (χ2n) is 6.77. The highest BCUT2D eigenvalue weighted by Crippen LogP contribution is 2.34. The number of fused-ring (bicyclic) bond motifs is 1. The standard InChI is InChI=1S/C20H15F3N4O2S/c1-10-3-5-13(6-4-10)30(28,29)27-9-15(14-7-12(21)8-16(22)18(14)27)20-25-11(2)17(23)19(24)26-20/h3-9H,1-2H3,(H2,24,25,26). The predicted molar refractivity (Wildman–Crippen MR) is 106 cm³/mol. The number of anilines is 1. The van der Waals surface area contributed by atoms with Crippen LogP contribution in [0, 0.1) is 31.3 Å². The van der Waals surface area contributed by atoms with E-state index in [0.29, 0.717) is 10.0 Å². The Bertz CT molecular complexity index is 1390. The molecule has 0 spiro atoms. The van der Waals surface area contributed by atoms with E-state index in [4.69, 9.17) is 5.73 Å². The maximum absolute atomic E-state index is 14.7. The normalized spacial score (nSPS) is 11.9. The molecule has 0 atom stereocenters. The lowest BCUT2D eigenvalue weighted by Crippen LogP contribution is -2.12. The Balaban J connectivity index is 2.07. The summed E-state index contributed by atoms with van der Waals surface area (Å²) in [7, 11) is -4.24. The molecule has 2 aromatic heterocycles. The Morgan fingerprint density at radius 1 is 1.00 bits per heavy atom. The van der Waals surface area contributed by atoms with Crippen molar-refractivity contribution < 1.29 is 21.6 Å². The van der Waals surface area contributed by atoms with Crippen molar-refractivity contribution >= 4 is 26.7 Å². The monoisotopic (exact) mass is 432 g/mol. The first-order chi connectivity index (χ1) is 14.1. The van der Waals surface area contributed by atoms with E-state index in [1.807, 2.05) is 0 Å². The molecule has 0 radical (unpaired) electrons. The van der Waals surface area contributed by atoms with Crippen molar-refractivity contribution in [3.8, 4) is 11.4 Å². The zero-order valence-corrected chi connectivity index (χ0v) is 16.6. The summed E-state index contributed by atoms with van der Waals surface area (Å²) in [5.74, 6) is -3.44. The molecule has 0 aliphatic carbocycles. The van der Waals surface area contributed by atoms with Gasteiger partial charge in [-0.15, -0.1) is 0 Å². The molecule has 0 amide bonds. The third-order valence-electron chi connectivity index (χ3n) is 4.65. The molecule has 0 saturated heterocycles. The highest BCUT2D eigenvalue weighted by Gasteiger charge is 2.26. The molecule has 0 unspecified atom stereocenters.